The largest absolute Gasteiger partial charge is 0.383 e. The lowest BCUT2D eigenvalue weighted by molar-refractivity contribution is -0.122. The molecule has 27 heavy (non-hydrogen) atoms. The van der Waals surface area contributed by atoms with Crippen molar-refractivity contribution in [1.29, 1.82) is 0 Å². The molecule has 0 spiro atoms. The summed E-state index contributed by atoms with van der Waals surface area (Å²) in [4.78, 5) is 36.1. The van der Waals surface area contributed by atoms with Crippen LogP contribution in [0.2, 0.25) is 0 Å². The van der Waals surface area contributed by atoms with Gasteiger partial charge in [0.05, 0.1) is 17.8 Å². The van der Waals surface area contributed by atoms with Crippen LogP contribution >= 0.6 is 11.3 Å². The van der Waals surface area contributed by atoms with Crippen LogP contribution in [-0.2, 0) is 11.2 Å². The number of carbonyl (C=O) groups is 1. The number of nitrogens with one attached hydrogen (secondary N) is 1. The smallest absolute Gasteiger partial charge is 0.264 e. The van der Waals surface area contributed by atoms with Crippen molar-refractivity contribution in [2.24, 2.45) is 5.92 Å². The van der Waals surface area contributed by atoms with Crippen LogP contribution in [0.25, 0.3) is 11.0 Å². The van der Waals surface area contributed by atoms with Gasteiger partial charge in [-0.1, -0.05) is 32.1 Å². The summed E-state index contributed by atoms with van der Waals surface area (Å²) in [6.07, 6.45) is 9.78. The minimum Gasteiger partial charge on any atom is -0.383 e. The fourth-order valence-electron chi connectivity index (χ4n) is 3.92. The molecule has 8 nitrogen and oxygen atoms in total. The molecule has 1 saturated carbocycles. The lowest BCUT2D eigenvalue weighted by atomic mass is 9.83. The summed E-state index contributed by atoms with van der Waals surface area (Å²) in [5.74, 6) is 0.682. The summed E-state index contributed by atoms with van der Waals surface area (Å²) < 4.78 is 1.51. The molecule has 0 saturated heterocycles. The molecule has 0 aromatic carbocycles. The van der Waals surface area contributed by atoms with Crippen LogP contribution in [0, 0.1) is 5.92 Å². The number of nitrogens with zero attached hydrogens (tertiary/aromatic N) is 4. The van der Waals surface area contributed by atoms with E-state index < -0.39 is 6.04 Å². The number of aromatic nitrogens is 5. The van der Waals surface area contributed by atoms with E-state index in [0.29, 0.717) is 12.3 Å². The molecule has 3 heterocycles. The number of hydrogen-bond acceptors (Lipinski definition) is 7. The molecule has 4 rings (SSSR count). The Morgan fingerprint density at radius 2 is 2.15 bits per heavy atom. The fourth-order valence-corrected chi connectivity index (χ4v) is 4.54. The average Bonchev–Trinajstić information content (AvgIpc) is 3.29. The second-order valence-electron chi connectivity index (χ2n) is 7.08. The van der Waals surface area contributed by atoms with Crippen LogP contribution in [-0.4, -0.2) is 30.5 Å². The van der Waals surface area contributed by atoms with E-state index >= 15 is 0 Å². The van der Waals surface area contributed by atoms with Crippen LogP contribution in [0.4, 0.5) is 5.82 Å². The number of hydrogen-bond donors (Lipinski definition) is 2. The van der Waals surface area contributed by atoms with Gasteiger partial charge in [0.25, 0.3) is 5.56 Å². The van der Waals surface area contributed by atoms with Gasteiger partial charge in [-0.15, -0.1) is 16.4 Å². The highest BCUT2D eigenvalue weighted by molar-refractivity contribution is 7.09. The zero-order chi connectivity index (χ0) is 18.8. The van der Waals surface area contributed by atoms with Crippen LogP contribution in [0.1, 0.15) is 49.6 Å². The Kier molecular flexibility index (Phi) is 5.02. The predicted octanol–water partition coefficient (Wildman–Crippen LogP) is 2.48. The van der Waals surface area contributed by atoms with E-state index in [2.05, 4.69) is 20.1 Å². The number of Topliss-reactive ketones (excluding diaryl/α,β-unsaturated/α-hetero) is 1. The van der Waals surface area contributed by atoms with E-state index in [0.717, 1.165) is 17.8 Å². The Morgan fingerprint density at radius 1 is 1.33 bits per heavy atom. The van der Waals surface area contributed by atoms with Crippen LogP contribution in [0.15, 0.2) is 22.7 Å². The van der Waals surface area contributed by atoms with E-state index in [-0.39, 0.29) is 34.6 Å². The molecular weight excluding hydrogens is 364 g/mol. The molecule has 1 atom stereocenters. The first kappa shape index (κ1) is 17.8. The first-order valence-corrected chi connectivity index (χ1v) is 10.1. The summed E-state index contributed by atoms with van der Waals surface area (Å²) >= 11 is 1.46. The van der Waals surface area contributed by atoms with Gasteiger partial charge < -0.3 is 10.7 Å². The first-order chi connectivity index (χ1) is 13.1. The lowest BCUT2D eigenvalue weighted by Crippen LogP contribution is -2.27. The number of ketones is 1. The maximum Gasteiger partial charge on any atom is 0.264 e. The molecule has 0 amide bonds. The third kappa shape index (κ3) is 3.64. The Hall–Kier alpha value is -2.55. The third-order valence-corrected chi connectivity index (χ3v) is 6.08. The van der Waals surface area contributed by atoms with E-state index in [1.165, 1.54) is 41.6 Å². The maximum atomic E-state index is 13.1. The molecule has 0 aliphatic heterocycles. The van der Waals surface area contributed by atoms with Crippen LogP contribution < -0.4 is 11.3 Å². The lowest BCUT2D eigenvalue weighted by Gasteiger charge is -2.26. The quantitative estimate of drug-likeness (QED) is 0.671. The van der Waals surface area contributed by atoms with Gasteiger partial charge in [0.15, 0.2) is 11.4 Å². The van der Waals surface area contributed by atoms with E-state index in [1.807, 2.05) is 5.38 Å². The van der Waals surface area contributed by atoms with Gasteiger partial charge in [-0.05, 0) is 12.3 Å². The Balaban J connectivity index is 1.70. The number of aromatic amines is 1. The van der Waals surface area contributed by atoms with Crippen molar-refractivity contribution >= 4 is 34.0 Å². The molecule has 1 unspecified atom stereocenters. The summed E-state index contributed by atoms with van der Waals surface area (Å²) in [7, 11) is 0. The predicted molar refractivity (Wildman–Crippen MR) is 104 cm³/mol. The van der Waals surface area contributed by atoms with Crippen molar-refractivity contribution in [3.8, 4) is 0 Å². The third-order valence-electron chi connectivity index (χ3n) is 5.30. The van der Waals surface area contributed by atoms with Gasteiger partial charge in [0, 0.05) is 11.6 Å². The monoisotopic (exact) mass is 386 g/mol. The molecule has 142 valence electrons. The zero-order valence-corrected chi connectivity index (χ0v) is 15.7. The van der Waals surface area contributed by atoms with Crippen molar-refractivity contribution in [2.75, 3.05) is 5.73 Å². The number of anilines is 1. The Bertz CT molecular complexity index is 987. The number of rotatable bonds is 6. The van der Waals surface area contributed by atoms with Crippen molar-refractivity contribution < 1.29 is 4.79 Å². The highest BCUT2D eigenvalue weighted by atomic mass is 32.1. The Labute approximate surface area is 159 Å². The highest BCUT2D eigenvalue weighted by Crippen LogP contribution is 2.33. The van der Waals surface area contributed by atoms with Crippen LogP contribution in [0.3, 0.4) is 0 Å². The summed E-state index contributed by atoms with van der Waals surface area (Å²) in [6.45, 7) is 0. The molecule has 1 fully saturated rings. The number of thiazole rings is 1. The molecule has 0 radical (unpaired) electrons. The molecule has 1 aliphatic rings. The van der Waals surface area contributed by atoms with Crippen molar-refractivity contribution in [1.82, 2.24) is 24.7 Å². The number of nitrogens with two attached hydrogens (primary N) is 1. The molecule has 3 aromatic heterocycles. The molecule has 9 heteroatoms. The van der Waals surface area contributed by atoms with E-state index in [4.69, 9.17) is 5.73 Å². The average molecular weight is 386 g/mol. The second-order valence-corrected chi connectivity index (χ2v) is 8.06. The summed E-state index contributed by atoms with van der Waals surface area (Å²) in [5.41, 5.74) is 6.16. The molecular formula is C18H22N6O2S. The van der Waals surface area contributed by atoms with Gasteiger partial charge in [-0.2, -0.15) is 0 Å². The molecule has 1 aliphatic carbocycles. The van der Waals surface area contributed by atoms with E-state index in [1.54, 1.807) is 6.20 Å². The normalized spacial score (nSPS) is 16.6. The maximum absolute atomic E-state index is 13.1. The van der Waals surface area contributed by atoms with Gasteiger partial charge >= 0.3 is 0 Å². The fraction of sp³-hybridized carbons (Fsp3) is 0.500. The van der Waals surface area contributed by atoms with Crippen molar-refractivity contribution in [3.63, 3.8) is 0 Å². The number of carbonyl (C=O) groups excluding carboxylic acids is 1. The van der Waals surface area contributed by atoms with Gasteiger partial charge in [0.2, 0.25) is 0 Å². The number of H-pyrrole nitrogens is 1. The van der Waals surface area contributed by atoms with E-state index in [9.17, 15) is 9.59 Å². The van der Waals surface area contributed by atoms with Crippen molar-refractivity contribution in [2.45, 2.75) is 51.0 Å². The highest BCUT2D eigenvalue weighted by Gasteiger charge is 2.29. The van der Waals surface area contributed by atoms with Gasteiger partial charge in [-0.3, -0.25) is 9.59 Å². The number of nitrogen functional groups attached to an aromatic ring is 1. The topological polar surface area (TPSA) is 120 Å². The minimum absolute atomic E-state index is 0.0199. The van der Waals surface area contributed by atoms with Gasteiger partial charge in [0.1, 0.15) is 17.2 Å². The molecule has 3 aromatic rings. The van der Waals surface area contributed by atoms with Gasteiger partial charge in [-0.25, -0.2) is 14.6 Å². The molecule has 3 N–H and O–H groups in total. The summed E-state index contributed by atoms with van der Waals surface area (Å²) in [5, 5.41) is 7.29. The van der Waals surface area contributed by atoms with Crippen LogP contribution in [0.5, 0.6) is 0 Å². The first-order valence-electron chi connectivity index (χ1n) is 9.26. The molecule has 0 bridgehead atoms. The number of fused-ring (bicyclic) bond motifs is 1. The summed E-state index contributed by atoms with van der Waals surface area (Å²) in [6, 6.07) is -0.509. The Morgan fingerprint density at radius 3 is 2.85 bits per heavy atom. The standard InChI is InChI=1S/C18H22N6O2S/c19-16-15-17(21-10-22-18(15)26)23-24(16)12(8-11-4-2-1-3-5-11)13(25)9-14-20-6-7-27-14/h6-7,10-12H,1-5,8-9,19H2,(H,21,22,23,26). The SMILES string of the molecule is Nc1c2c(=O)[nH]cnc2nn1C(CC1CCCCC1)C(=O)Cc1nccs1. The van der Waals surface area contributed by atoms with Crippen molar-refractivity contribution in [3.05, 3.63) is 33.3 Å². The second kappa shape index (κ2) is 7.59. The minimum atomic E-state index is -0.509. The zero-order valence-electron chi connectivity index (χ0n) is 14.9.